The van der Waals surface area contributed by atoms with Gasteiger partial charge in [-0.05, 0) is 68.7 Å². The highest BCUT2D eigenvalue weighted by molar-refractivity contribution is 6.51. The van der Waals surface area contributed by atoms with Crippen LogP contribution in [0.5, 0.6) is 11.5 Å². The highest BCUT2D eigenvalue weighted by atomic mass is 16.5. The van der Waals surface area contributed by atoms with Gasteiger partial charge in [-0.25, -0.2) is 4.79 Å². The fourth-order valence-electron chi connectivity index (χ4n) is 4.71. The quantitative estimate of drug-likeness (QED) is 0.136. The number of amides is 1. The Labute approximate surface area is 240 Å². The van der Waals surface area contributed by atoms with Crippen LogP contribution in [0.4, 0.5) is 5.69 Å². The summed E-state index contributed by atoms with van der Waals surface area (Å²) >= 11 is 0. The molecule has 1 aliphatic rings. The summed E-state index contributed by atoms with van der Waals surface area (Å²) in [6, 6.07) is 17.8. The van der Waals surface area contributed by atoms with Crippen molar-refractivity contribution in [3.8, 4) is 11.5 Å². The van der Waals surface area contributed by atoms with Crippen LogP contribution in [0.1, 0.15) is 60.8 Å². The van der Waals surface area contributed by atoms with Gasteiger partial charge in [-0.1, -0.05) is 43.7 Å². The Bertz CT molecular complexity index is 1470. The number of aliphatic hydroxyl groups excluding tert-OH is 1. The molecule has 3 aromatic carbocycles. The molecule has 1 heterocycles. The van der Waals surface area contributed by atoms with Crippen molar-refractivity contribution in [1.82, 2.24) is 0 Å². The summed E-state index contributed by atoms with van der Waals surface area (Å²) in [6.45, 7) is 10.5. The third-order valence-corrected chi connectivity index (χ3v) is 6.55. The molecule has 0 aliphatic carbocycles. The highest BCUT2D eigenvalue weighted by Crippen LogP contribution is 2.44. The van der Waals surface area contributed by atoms with Gasteiger partial charge in [0.05, 0.1) is 42.6 Å². The maximum Gasteiger partial charge on any atom is 0.338 e. The predicted octanol–water partition coefficient (Wildman–Crippen LogP) is 6.23. The van der Waals surface area contributed by atoms with Crippen molar-refractivity contribution in [3.05, 3.63) is 94.6 Å². The molecule has 3 aromatic rings. The number of ether oxygens (including phenoxy) is 3. The Morgan fingerprint density at radius 1 is 0.951 bits per heavy atom. The molecule has 0 bridgehead atoms. The summed E-state index contributed by atoms with van der Waals surface area (Å²) in [5, 5.41) is 11.6. The van der Waals surface area contributed by atoms with Crippen LogP contribution in [-0.2, 0) is 14.3 Å². The summed E-state index contributed by atoms with van der Waals surface area (Å²) < 4.78 is 16.7. The van der Waals surface area contributed by atoms with E-state index in [-0.39, 0.29) is 29.4 Å². The molecule has 0 radical (unpaired) electrons. The van der Waals surface area contributed by atoms with Crippen molar-refractivity contribution >= 4 is 29.1 Å². The largest absolute Gasteiger partial charge is 0.507 e. The molecule has 1 fully saturated rings. The molecule has 1 N–H and O–H groups in total. The van der Waals surface area contributed by atoms with Gasteiger partial charge in [0.1, 0.15) is 17.3 Å². The number of carbonyl (C=O) groups excluding carboxylic acids is 3. The molecule has 0 aromatic heterocycles. The average Bonchev–Trinajstić information content (AvgIpc) is 3.22. The van der Waals surface area contributed by atoms with Gasteiger partial charge in [0.25, 0.3) is 11.7 Å². The molecule has 214 valence electrons. The van der Waals surface area contributed by atoms with Crippen LogP contribution < -0.4 is 14.4 Å². The SMILES string of the molecule is CCOc1ccc(/C(O)=C2/C(=O)C(=O)N(c3ccc(C(=O)OCC(C)C)cc3)C2c2cccc(C)c2)c(OCC)c1. The van der Waals surface area contributed by atoms with Crippen LogP contribution in [0, 0.1) is 12.8 Å². The lowest BCUT2D eigenvalue weighted by Crippen LogP contribution is -2.29. The third kappa shape index (κ3) is 6.27. The Morgan fingerprint density at radius 2 is 1.66 bits per heavy atom. The van der Waals surface area contributed by atoms with Gasteiger partial charge in [0.2, 0.25) is 0 Å². The first-order valence-corrected chi connectivity index (χ1v) is 13.7. The number of hydrogen-bond donors (Lipinski definition) is 1. The molecular formula is C33H35NO7. The second-order valence-electron chi connectivity index (χ2n) is 10.1. The van der Waals surface area contributed by atoms with Gasteiger partial charge >= 0.3 is 5.97 Å². The van der Waals surface area contributed by atoms with E-state index in [4.69, 9.17) is 14.2 Å². The lowest BCUT2D eigenvalue weighted by Gasteiger charge is -2.26. The van der Waals surface area contributed by atoms with E-state index in [1.165, 1.54) is 4.90 Å². The number of carbonyl (C=O) groups is 3. The molecule has 8 heteroatoms. The minimum Gasteiger partial charge on any atom is -0.507 e. The average molecular weight is 558 g/mol. The van der Waals surface area contributed by atoms with Crippen molar-refractivity contribution in [2.24, 2.45) is 5.92 Å². The normalized spacial score (nSPS) is 16.2. The van der Waals surface area contributed by atoms with Crippen molar-refractivity contribution in [2.75, 3.05) is 24.7 Å². The monoisotopic (exact) mass is 557 g/mol. The van der Waals surface area contributed by atoms with E-state index in [1.54, 1.807) is 42.5 Å². The lowest BCUT2D eigenvalue weighted by molar-refractivity contribution is -0.132. The number of esters is 1. The summed E-state index contributed by atoms with van der Waals surface area (Å²) in [5.41, 5.74) is 2.51. The molecule has 1 atom stereocenters. The van der Waals surface area contributed by atoms with Crippen LogP contribution in [0.25, 0.3) is 5.76 Å². The van der Waals surface area contributed by atoms with Gasteiger partial charge in [0, 0.05) is 11.8 Å². The Morgan fingerprint density at radius 3 is 2.29 bits per heavy atom. The molecule has 4 rings (SSSR count). The van der Waals surface area contributed by atoms with Crippen LogP contribution in [0.15, 0.2) is 72.3 Å². The first-order chi connectivity index (χ1) is 19.7. The highest BCUT2D eigenvalue weighted by Gasteiger charge is 2.47. The summed E-state index contributed by atoms with van der Waals surface area (Å²) in [5.74, 6) is -1.37. The smallest absolute Gasteiger partial charge is 0.338 e. The molecule has 1 saturated heterocycles. The molecule has 0 spiro atoms. The zero-order valence-electron chi connectivity index (χ0n) is 24.0. The molecule has 8 nitrogen and oxygen atoms in total. The standard InChI is InChI=1S/C33H35NO7/c1-6-39-25-15-16-26(27(18-25)40-7-2)30(35)28-29(23-10-8-9-21(5)17-23)34(32(37)31(28)36)24-13-11-22(12-14-24)33(38)41-19-20(3)4/h8-18,20,29,35H,6-7,19H2,1-5H3/b30-28-. The van der Waals surface area contributed by atoms with E-state index >= 15 is 0 Å². The van der Waals surface area contributed by atoms with Crippen LogP contribution >= 0.6 is 0 Å². The van der Waals surface area contributed by atoms with Crippen molar-refractivity contribution < 1.29 is 33.7 Å². The molecule has 41 heavy (non-hydrogen) atoms. The van der Waals surface area contributed by atoms with Crippen molar-refractivity contribution in [1.29, 1.82) is 0 Å². The number of anilines is 1. The molecule has 0 saturated carbocycles. The number of nitrogens with zero attached hydrogens (tertiary/aromatic N) is 1. The molecule has 1 amide bonds. The first kappa shape index (κ1) is 29.4. The molecule has 1 unspecified atom stereocenters. The van der Waals surface area contributed by atoms with Gasteiger partial charge in [0.15, 0.2) is 0 Å². The van der Waals surface area contributed by atoms with Crippen LogP contribution in [0.3, 0.4) is 0 Å². The Hall–Kier alpha value is -4.59. The summed E-state index contributed by atoms with van der Waals surface area (Å²) in [4.78, 5) is 40.9. The van der Waals surface area contributed by atoms with Crippen LogP contribution in [-0.4, -0.2) is 42.6 Å². The van der Waals surface area contributed by atoms with Crippen LogP contribution in [0.2, 0.25) is 0 Å². The van der Waals surface area contributed by atoms with E-state index < -0.39 is 23.7 Å². The first-order valence-electron chi connectivity index (χ1n) is 13.7. The van der Waals surface area contributed by atoms with Gasteiger partial charge in [-0.15, -0.1) is 0 Å². The predicted molar refractivity (Wildman–Crippen MR) is 156 cm³/mol. The summed E-state index contributed by atoms with van der Waals surface area (Å²) in [6.07, 6.45) is 0. The van der Waals surface area contributed by atoms with E-state index in [0.717, 1.165) is 5.56 Å². The topological polar surface area (TPSA) is 102 Å². The maximum absolute atomic E-state index is 13.6. The number of aliphatic hydroxyl groups is 1. The number of benzene rings is 3. The Balaban J connectivity index is 1.84. The van der Waals surface area contributed by atoms with E-state index in [2.05, 4.69) is 0 Å². The zero-order chi connectivity index (χ0) is 29.7. The van der Waals surface area contributed by atoms with E-state index in [9.17, 15) is 19.5 Å². The second kappa shape index (κ2) is 12.7. The number of rotatable bonds is 10. The summed E-state index contributed by atoms with van der Waals surface area (Å²) in [7, 11) is 0. The third-order valence-electron chi connectivity index (χ3n) is 6.55. The number of Topliss-reactive ketones (excluding diaryl/α,β-unsaturated/α-hetero) is 1. The van der Waals surface area contributed by atoms with Gasteiger partial charge in [-0.2, -0.15) is 0 Å². The fraction of sp³-hybridized carbons (Fsp3) is 0.303. The minimum absolute atomic E-state index is 0.0638. The lowest BCUT2D eigenvalue weighted by atomic mass is 9.94. The second-order valence-corrected chi connectivity index (χ2v) is 10.1. The van der Waals surface area contributed by atoms with Gasteiger partial charge < -0.3 is 19.3 Å². The van der Waals surface area contributed by atoms with Crippen molar-refractivity contribution in [2.45, 2.75) is 40.7 Å². The number of aryl methyl sites for hydroxylation is 1. The molecular weight excluding hydrogens is 522 g/mol. The van der Waals surface area contributed by atoms with E-state index in [1.807, 2.05) is 58.9 Å². The molecule has 1 aliphatic heterocycles. The number of ketones is 1. The minimum atomic E-state index is -0.922. The number of hydrogen-bond acceptors (Lipinski definition) is 7. The maximum atomic E-state index is 13.6. The van der Waals surface area contributed by atoms with Crippen molar-refractivity contribution in [3.63, 3.8) is 0 Å². The zero-order valence-corrected chi connectivity index (χ0v) is 24.0. The fourth-order valence-corrected chi connectivity index (χ4v) is 4.71. The van der Waals surface area contributed by atoms with Gasteiger partial charge in [-0.3, -0.25) is 14.5 Å². The Kier molecular flexibility index (Phi) is 9.12. The van der Waals surface area contributed by atoms with E-state index in [0.29, 0.717) is 41.5 Å².